The number of furan rings is 1. The minimum absolute atomic E-state index is 0.0500. The number of nitrogens with two attached hydrogens (primary N) is 2. The molecule has 2 heterocycles. The maximum Gasteiger partial charge on any atom is 0.208 e. The molecule has 0 aliphatic carbocycles. The van der Waals surface area contributed by atoms with Crippen LogP contribution in [0.5, 0.6) is 0 Å². The Morgan fingerprint density at radius 1 is 1.28 bits per heavy atom. The van der Waals surface area contributed by atoms with E-state index >= 15 is 0 Å². The Morgan fingerprint density at radius 3 is 2.44 bits per heavy atom. The van der Waals surface area contributed by atoms with Gasteiger partial charge in [0.2, 0.25) is 5.88 Å². The van der Waals surface area contributed by atoms with Gasteiger partial charge in [-0.25, -0.2) is 0 Å². The van der Waals surface area contributed by atoms with Crippen LogP contribution in [-0.2, 0) is 10.2 Å². The Kier molecular flexibility index (Phi) is 2.45. The SMILES string of the molecule is Cc1c(C2(C)COC(N)=C2C#N)oc(N)c1C#N. The summed E-state index contributed by atoms with van der Waals surface area (Å²) >= 11 is 0. The molecule has 0 radical (unpaired) electrons. The largest absolute Gasteiger partial charge is 0.477 e. The molecule has 1 aliphatic heterocycles. The second-order valence-corrected chi connectivity index (χ2v) is 4.38. The van der Waals surface area contributed by atoms with Gasteiger partial charge in [0.15, 0.2) is 5.88 Å². The molecule has 0 fully saturated rings. The third-order valence-electron chi connectivity index (χ3n) is 3.21. The van der Waals surface area contributed by atoms with Gasteiger partial charge in [0.25, 0.3) is 0 Å². The van der Waals surface area contributed by atoms with E-state index in [2.05, 4.69) is 0 Å². The topological polar surface area (TPSA) is 122 Å². The first-order valence-electron chi connectivity index (χ1n) is 5.28. The van der Waals surface area contributed by atoms with Crippen molar-refractivity contribution < 1.29 is 9.15 Å². The predicted molar refractivity (Wildman–Crippen MR) is 62.7 cm³/mol. The maximum absolute atomic E-state index is 9.15. The number of anilines is 1. The molecule has 0 bridgehead atoms. The van der Waals surface area contributed by atoms with Crippen molar-refractivity contribution in [2.45, 2.75) is 19.3 Å². The normalized spacial score (nSPS) is 22.4. The van der Waals surface area contributed by atoms with Crippen molar-refractivity contribution in [1.29, 1.82) is 10.5 Å². The predicted octanol–water partition coefficient (Wildman–Crippen LogP) is 1.02. The molecule has 0 aromatic carbocycles. The molecule has 4 N–H and O–H groups in total. The first kappa shape index (κ1) is 11.9. The van der Waals surface area contributed by atoms with Crippen molar-refractivity contribution in [2.75, 3.05) is 12.3 Å². The van der Waals surface area contributed by atoms with Crippen molar-refractivity contribution in [3.05, 3.63) is 28.3 Å². The summed E-state index contributed by atoms with van der Waals surface area (Å²) in [7, 11) is 0. The zero-order valence-corrected chi connectivity index (χ0v) is 10.1. The van der Waals surface area contributed by atoms with E-state index in [4.69, 9.17) is 31.1 Å². The highest BCUT2D eigenvalue weighted by Gasteiger charge is 2.44. The molecular formula is C12H12N4O2. The molecule has 1 unspecified atom stereocenters. The van der Waals surface area contributed by atoms with Gasteiger partial charge < -0.3 is 20.6 Å². The minimum Gasteiger partial charge on any atom is -0.477 e. The van der Waals surface area contributed by atoms with Gasteiger partial charge in [0.1, 0.15) is 41.1 Å². The van der Waals surface area contributed by atoms with Crippen LogP contribution in [0.3, 0.4) is 0 Å². The van der Waals surface area contributed by atoms with Gasteiger partial charge in [0.05, 0.1) is 0 Å². The maximum atomic E-state index is 9.15. The van der Waals surface area contributed by atoms with Crippen LogP contribution in [0.1, 0.15) is 23.8 Å². The highest BCUT2D eigenvalue weighted by Crippen LogP contribution is 2.42. The highest BCUT2D eigenvalue weighted by molar-refractivity contribution is 5.57. The van der Waals surface area contributed by atoms with Gasteiger partial charge in [-0.05, 0) is 13.8 Å². The summed E-state index contributed by atoms with van der Waals surface area (Å²) in [6, 6.07) is 4.00. The van der Waals surface area contributed by atoms with E-state index in [-0.39, 0.29) is 23.9 Å². The number of nitrogen functional groups attached to an aromatic ring is 1. The van der Waals surface area contributed by atoms with Crippen molar-refractivity contribution in [1.82, 2.24) is 0 Å². The Morgan fingerprint density at radius 2 is 1.94 bits per heavy atom. The third-order valence-corrected chi connectivity index (χ3v) is 3.21. The van der Waals surface area contributed by atoms with Gasteiger partial charge in [-0.2, -0.15) is 10.5 Å². The third kappa shape index (κ3) is 1.33. The average Bonchev–Trinajstić information content (AvgIpc) is 2.78. The molecular weight excluding hydrogens is 232 g/mol. The molecule has 1 aromatic heterocycles. The van der Waals surface area contributed by atoms with Gasteiger partial charge >= 0.3 is 0 Å². The summed E-state index contributed by atoms with van der Waals surface area (Å²) in [6.07, 6.45) is 0. The van der Waals surface area contributed by atoms with Crippen molar-refractivity contribution in [3.63, 3.8) is 0 Å². The fourth-order valence-electron chi connectivity index (χ4n) is 2.20. The van der Waals surface area contributed by atoms with Crippen molar-refractivity contribution in [3.8, 4) is 12.1 Å². The summed E-state index contributed by atoms with van der Waals surface area (Å²) in [5.41, 5.74) is 11.7. The van der Waals surface area contributed by atoms with Crippen LogP contribution >= 0.6 is 0 Å². The molecule has 0 amide bonds. The molecule has 6 heteroatoms. The molecule has 1 atom stereocenters. The number of hydrogen-bond acceptors (Lipinski definition) is 6. The lowest BCUT2D eigenvalue weighted by Crippen LogP contribution is -2.25. The van der Waals surface area contributed by atoms with Crippen LogP contribution in [0.2, 0.25) is 0 Å². The van der Waals surface area contributed by atoms with Crippen LogP contribution in [0.15, 0.2) is 15.9 Å². The number of ether oxygens (including phenoxy) is 1. The lowest BCUT2D eigenvalue weighted by Gasteiger charge is -2.19. The number of nitriles is 2. The van der Waals surface area contributed by atoms with Crippen LogP contribution < -0.4 is 11.5 Å². The first-order valence-corrected chi connectivity index (χ1v) is 5.28. The smallest absolute Gasteiger partial charge is 0.208 e. The number of hydrogen-bond donors (Lipinski definition) is 2. The minimum atomic E-state index is -0.799. The molecule has 18 heavy (non-hydrogen) atoms. The Hall–Kier alpha value is -2.60. The van der Waals surface area contributed by atoms with Crippen molar-refractivity contribution in [2.24, 2.45) is 5.73 Å². The average molecular weight is 244 g/mol. The lowest BCUT2D eigenvalue weighted by molar-refractivity contribution is 0.195. The van der Waals surface area contributed by atoms with E-state index < -0.39 is 5.41 Å². The van der Waals surface area contributed by atoms with Gasteiger partial charge in [-0.15, -0.1) is 0 Å². The first-order chi connectivity index (χ1) is 8.45. The Balaban J connectivity index is 2.65. The van der Waals surface area contributed by atoms with E-state index in [1.807, 2.05) is 12.1 Å². The molecule has 0 spiro atoms. The molecule has 2 rings (SSSR count). The highest BCUT2D eigenvalue weighted by atomic mass is 16.5. The van der Waals surface area contributed by atoms with Crippen molar-refractivity contribution >= 4 is 5.88 Å². The Labute approximate surface area is 104 Å². The molecule has 1 aromatic rings. The molecule has 0 saturated carbocycles. The molecule has 1 aliphatic rings. The zero-order chi connectivity index (χ0) is 13.5. The second-order valence-electron chi connectivity index (χ2n) is 4.38. The monoisotopic (exact) mass is 244 g/mol. The van der Waals surface area contributed by atoms with Gasteiger partial charge in [0, 0.05) is 5.56 Å². The Bertz CT molecular complexity index is 630. The summed E-state index contributed by atoms with van der Waals surface area (Å²) in [5, 5.41) is 18.1. The summed E-state index contributed by atoms with van der Waals surface area (Å²) < 4.78 is 10.7. The van der Waals surface area contributed by atoms with E-state index in [0.717, 1.165) is 0 Å². The standard InChI is InChI=1S/C12H12N4O2/c1-6-7(3-13)10(15)18-9(6)12(2)5-17-11(16)8(12)4-14/h5,15-16H2,1-2H3. The van der Waals surface area contributed by atoms with Crippen LogP contribution in [-0.4, -0.2) is 6.61 Å². The van der Waals surface area contributed by atoms with E-state index in [0.29, 0.717) is 16.9 Å². The fraction of sp³-hybridized carbons (Fsp3) is 0.333. The van der Waals surface area contributed by atoms with Crippen LogP contribution in [0, 0.1) is 29.6 Å². The van der Waals surface area contributed by atoms with Crippen LogP contribution in [0.25, 0.3) is 0 Å². The summed E-state index contributed by atoms with van der Waals surface area (Å²) in [6.45, 7) is 3.70. The summed E-state index contributed by atoms with van der Waals surface area (Å²) in [5.74, 6) is 0.593. The molecule has 6 nitrogen and oxygen atoms in total. The van der Waals surface area contributed by atoms with E-state index in [9.17, 15) is 0 Å². The molecule has 0 saturated heterocycles. The number of nitrogens with zero attached hydrogens (tertiary/aromatic N) is 2. The lowest BCUT2D eigenvalue weighted by atomic mass is 9.80. The molecule has 92 valence electrons. The quantitative estimate of drug-likeness (QED) is 0.760. The summed E-state index contributed by atoms with van der Waals surface area (Å²) in [4.78, 5) is 0. The second kappa shape index (κ2) is 3.71. The van der Waals surface area contributed by atoms with Gasteiger partial charge in [-0.1, -0.05) is 0 Å². The zero-order valence-electron chi connectivity index (χ0n) is 10.1. The van der Waals surface area contributed by atoms with E-state index in [1.165, 1.54) is 0 Å². The van der Waals surface area contributed by atoms with E-state index in [1.54, 1.807) is 13.8 Å². The number of rotatable bonds is 1. The van der Waals surface area contributed by atoms with Crippen LogP contribution in [0.4, 0.5) is 5.88 Å². The fourth-order valence-corrected chi connectivity index (χ4v) is 2.20. The van der Waals surface area contributed by atoms with Gasteiger partial charge in [-0.3, -0.25) is 0 Å².